The first kappa shape index (κ1) is 6.70. The topological polar surface area (TPSA) is 35.5 Å². The molecule has 1 aliphatic carbocycles. The number of hydrogen-bond donors (Lipinski definition) is 0. The van der Waals surface area contributed by atoms with Gasteiger partial charge in [-0.3, -0.25) is 4.79 Å². The zero-order chi connectivity index (χ0) is 8.06. The van der Waals surface area contributed by atoms with Crippen LogP contribution in [0, 0.1) is 11.3 Å². The molecular weight excluding hydrogens is 144 g/mol. The Labute approximate surface area is 65.0 Å². The molecule has 0 bridgehead atoms. The second-order valence-electron chi connectivity index (χ2n) is 3.19. The summed E-state index contributed by atoms with van der Waals surface area (Å²) in [6.07, 6.45) is 3.61. The molecule has 2 rings (SSSR count). The number of carbonyl (C=O) groups excluding carboxylic acids is 1. The number of carbonyl (C=O) groups is 1. The molecule has 1 heterocycles. The molecule has 0 aromatic heterocycles. The van der Waals surface area contributed by atoms with Crippen LogP contribution in [0.4, 0.5) is 0 Å². The highest BCUT2D eigenvalue weighted by Crippen LogP contribution is 2.58. The summed E-state index contributed by atoms with van der Waals surface area (Å²) in [6, 6.07) is 0. The molecule has 0 aromatic carbocycles. The second-order valence-corrected chi connectivity index (χ2v) is 3.19. The van der Waals surface area contributed by atoms with Crippen LogP contribution in [0.1, 0.15) is 6.92 Å². The van der Waals surface area contributed by atoms with Crippen molar-refractivity contribution in [1.29, 1.82) is 0 Å². The van der Waals surface area contributed by atoms with Crippen molar-refractivity contribution >= 4 is 5.97 Å². The predicted octanol–water partition coefficient (Wildman–Crippen LogP) is 0.708. The minimum Gasteiger partial charge on any atom is -0.496 e. The molecular formula is C8H10O3. The maximum atomic E-state index is 11.2. The highest BCUT2D eigenvalue weighted by Gasteiger charge is 2.70. The van der Waals surface area contributed by atoms with Crippen molar-refractivity contribution in [2.24, 2.45) is 11.3 Å². The maximum Gasteiger partial charge on any atom is 0.316 e. The molecule has 3 unspecified atom stereocenters. The average Bonchev–Trinajstić information content (AvgIpc) is 2.51. The third-order valence-corrected chi connectivity index (χ3v) is 2.64. The number of esters is 1. The van der Waals surface area contributed by atoms with E-state index in [2.05, 4.69) is 4.74 Å². The summed E-state index contributed by atoms with van der Waals surface area (Å²) in [7, 11) is 1.41. The molecule has 1 fully saturated rings. The van der Waals surface area contributed by atoms with Gasteiger partial charge in [-0.25, -0.2) is 0 Å². The first-order valence-corrected chi connectivity index (χ1v) is 3.62. The van der Waals surface area contributed by atoms with E-state index in [0.717, 1.165) is 0 Å². The van der Waals surface area contributed by atoms with Gasteiger partial charge in [0.2, 0.25) is 0 Å². The van der Waals surface area contributed by atoms with E-state index < -0.39 is 5.41 Å². The van der Waals surface area contributed by atoms with Gasteiger partial charge in [-0.2, -0.15) is 0 Å². The Hall–Kier alpha value is -0.990. The third kappa shape index (κ3) is 0.607. The minimum absolute atomic E-state index is 0.0370. The van der Waals surface area contributed by atoms with Crippen LogP contribution in [-0.4, -0.2) is 19.2 Å². The summed E-state index contributed by atoms with van der Waals surface area (Å²) in [6.45, 7) is 1.87. The van der Waals surface area contributed by atoms with Crippen LogP contribution in [0.5, 0.6) is 0 Å². The third-order valence-electron chi connectivity index (χ3n) is 2.64. The summed E-state index contributed by atoms with van der Waals surface area (Å²) in [4.78, 5) is 11.2. The minimum atomic E-state index is -0.399. The van der Waals surface area contributed by atoms with Crippen molar-refractivity contribution in [3.63, 3.8) is 0 Å². The lowest BCUT2D eigenvalue weighted by atomic mass is 10.1. The molecule has 3 nitrogen and oxygen atoms in total. The fourth-order valence-corrected chi connectivity index (χ4v) is 1.72. The van der Waals surface area contributed by atoms with Crippen LogP contribution in [-0.2, 0) is 14.3 Å². The van der Waals surface area contributed by atoms with Crippen LogP contribution < -0.4 is 0 Å². The van der Waals surface area contributed by atoms with Crippen molar-refractivity contribution in [2.75, 3.05) is 7.11 Å². The Balaban J connectivity index is 2.16. The van der Waals surface area contributed by atoms with E-state index >= 15 is 0 Å². The normalized spacial score (nSPS) is 44.5. The zero-order valence-corrected chi connectivity index (χ0v) is 6.53. The average molecular weight is 154 g/mol. The quantitative estimate of drug-likeness (QED) is 0.522. The lowest BCUT2D eigenvalue weighted by Crippen LogP contribution is -2.20. The Morgan fingerprint density at radius 1 is 1.73 bits per heavy atom. The Bertz CT molecular complexity index is 233. The molecule has 0 spiro atoms. The molecule has 0 aromatic rings. The van der Waals surface area contributed by atoms with Gasteiger partial charge >= 0.3 is 5.97 Å². The Morgan fingerprint density at radius 2 is 2.45 bits per heavy atom. The SMILES string of the molecule is COC(=O)C1(C)C2C=COC21. The van der Waals surface area contributed by atoms with Crippen molar-refractivity contribution in [1.82, 2.24) is 0 Å². The van der Waals surface area contributed by atoms with Gasteiger partial charge < -0.3 is 9.47 Å². The molecule has 3 heteroatoms. The van der Waals surface area contributed by atoms with Crippen LogP contribution in [0.2, 0.25) is 0 Å². The summed E-state index contributed by atoms with van der Waals surface area (Å²) < 4.78 is 9.84. The molecule has 3 atom stereocenters. The van der Waals surface area contributed by atoms with Crippen molar-refractivity contribution in [3.05, 3.63) is 12.3 Å². The number of hydrogen-bond acceptors (Lipinski definition) is 3. The number of rotatable bonds is 1. The van der Waals surface area contributed by atoms with Gasteiger partial charge in [-0.15, -0.1) is 0 Å². The Kier molecular flexibility index (Phi) is 1.09. The molecule has 2 aliphatic rings. The molecule has 0 amide bonds. The number of fused-ring (bicyclic) bond motifs is 1. The Morgan fingerprint density at radius 3 is 2.91 bits per heavy atom. The molecule has 0 saturated heterocycles. The van der Waals surface area contributed by atoms with Gasteiger partial charge in [0.05, 0.1) is 13.4 Å². The van der Waals surface area contributed by atoms with E-state index in [1.54, 1.807) is 6.26 Å². The molecule has 11 heavy (non-hydrogen) atoms. The number of ether oxygens (including phenoxy) is 2. The van der Waals surface area contributed by atoms with Crippen molar-refractivity contribution < 1.29 is 14.3 Å². The lowest BCUT2D eigenvalue weighted by Gasteiger charge is -2.08. The van der Waals surface area contributed by atoms with Crippen molar-refractivity contribution in [3.8, 4) is 0 Å². The summed E-state index contributed by atoms with van der Waals surface area (Å²) in [5.41, 5.74) is -0.399. The highest BCUT2D eigenvalue weighted by molar-refractivity contribution is 5.82. The van der Waals surface area contributed by atoms with Crippen LogP contribution in [0.15, 0.2) is 12.3 Å². The molecule has 60 valence electrons. The van der Waals surface area contributed by atoms with Gasteiger partial charge in [0.1, 0.15) is 11.5 Å². The molecule has 0 N–H and O–H groups in total. The summed E-state index contributed by atoms with van der Waals surface area (Å²) >= 11 is 0. The predicted molar refractivity (Wildman–Crippen MR) is 37.6 cm³/mol. The summed E-state index contributed by atoms with van der Waals surface area (Å²) in [5, 5.41) is 0. The van der Waals surface area contributed by atoms with Crippen molar-refractivity contribution in [2.45, 2.75) is 13.0 Å². The summed E-state index contributed by atoms with van der Waals surface area (Å²) in [5.74, 6) is 0.0757. The van der Waals surface area contributed by atoms with Crippen LogP contribution in [0.25, 0.3) is 0 Å². The fourth-order valence-electron chi connectivity index (χ4n) is 1.72. The van der Waals surface area contributed by atoms with E-state index in [9.17, 15) is 4.79 Å². The smallest absolute Gasteiger partial charge is 0.316 e. The highest BCUT2D eigenvalue weighted by atomic mass is 16.5. The van der Waals surface area contributed by atoms with E-state index in [4.69, 9.17) is 4.74 Å². The van der Waals surface area contributed by atoms with Gasteiger partial charge in [-0.05, 0) is 13.0 Å². The molecule has 1 saturated carbocycles. The van der Waals surface area contributed by atoms with Gasteiger partial charge in [0.15, 0.2) is 0 Å². The molecule has 1 aliphatic heterocycles. The maximum absolute atomic E-state index is 11.2. The first-order chi connectivity index (χ1) is 5.21. The molecule has 0 radical (unpaired) electrons. The second kappa shape index (κ2) is 1.78. The first-order valence-electron chi connectivity index (χ1n) is 3.62. The van der Waals surface area contributed by atoms with Gasteiger partial charge in [0, 0.05) is 5.92 Å². The van der Waals surface area contributed by atoms with E-state index in [1.807, 2.05) is 13.0 Å². The van der Waals surface area contributed by atoms with E-state index in [1.165, 1.54) is 7.11 Å². The van der Waals surface area contributed by atoms with Gasteiger partial charge in [0.25, 0.3) is 0 Å². The fraction of sp³-hybridized carbons (Fsp3) is 0.625. The standard InChI is InChI=1S/C8H10O3/c1-8(7(9)10-2)5-3-4-11-6(5)8/h3-6H,1-2H3. The zero-order valence-electron chi connectivity index (χ0n) is 6.53. The largest absolute Gasteiger partial charge is 0.496 e. The van der Waals surface area contributed by atoms with Crippen LogP contribution in [0.3, 0.4) is 0 Å². The lowest BCUT2D eigenvalue weighted by molar-refractivity contribution is -0.148. The van der Waals surface area contributed by atoms with Gasteiger partial charge in [-0.1, -0.05) is 0 Å². The van der Waals surface area contributed by atoms with E-state index in [-0.39, 0.29) is 18.0 Å². The number of methoxy groups -OCH3 is 1. The van der Waals surface area contributed by atoms with Crippen LogP contribution >= 0.6 is 0 Å². The monoisotopic (exact) mass is 154 g/mol. The van der Waals surface area contributed by atoms with E-state index in [0.29, 0.717) is 0 Å².